The van der Waals surface area contributed by atoms with Crippen molar-refractivity contribution in [3.8, 4) is 89.0 Å². The summed E-state index contributed by atoms with van der Waals surface area (Å²) in [5, 5.41) is 12.0. The summed E-state index contributed by atoms with van der Waals surface area (Å²) in [6.45, 7) is 0. The number of rotatable bonds is 4. The highest BCUT2D eigenvalue weighted by atomic mass is 16.3. The van der Waals surface area contributed by atoms with Gasteiger partial charge in [-0.15, -0.1) is 0 Å². The zero-order valence-electron chi connectivity index (χ0n) is 60.6. The largest absolute Gasteiger partial charge is 0.456 e. The zero-order valence-corrected chi connectivity index (χ0v) is 60.6. The predicted molar refractivity (Wildman–Crippen MR) is 457 cm³/mol. The van der Waals surface area contributed by atoms with Crippen LogP contribution in [0, 0.1) is 0 Å². The highest BCUT2D eigenvalue weighted by Gasteiger charge is 2.55. The monoisotopic (exact) mass is 1410 g/mol. The van der Waals surface area contributed by atoms with E-state index in [1.165, 1.54) is 166 Å². The summed E-state index contributed by atoms with van der Waals surface area (Å²) >= 11 is 0. The number of aryl methyl sites for hydroxylation is 2. The number of hydrogen-bond acceptors (Lipinski definition) is 3. The predicted octanol–water partition coefficient (Wildman–Crippen LogP) is 27.7. The smallest absolute Gasteiger partial charge is 0.144 e. The quantitative estimate of drug-likeness (QED) is 0.176. The van der Waals surface area contributed by atoms with Crippen LogP contribution in [0.4, 0.5) is 0 Å². The van der Waals surface area contributed by atoms with E-state index in [4.69, 9.17) is 13.3 Å². The lowest BCUT2D eigenvalue weighted by molar-refractivity contribution is 0.668. The number of aromatic nitrogens is 2. The molecular formula is C106H64N2O3. The van der Waals surface area contributed by atoms with Gasteiger partial charge in [-0.1, -0.05) is 261 Å². The Morgan fingerprint density at radius 3 is 1.05 bits per heavy atom. The van der Waals surface area contributed by atoms with E-state index in [0.717, 1.165) is 76.9 Å². The van der Waals surface area contributed by atoms with Crippen LogP contribution in [-0.4, -0.2) is 9.13 Å². The molecule has 22 aromatic rings. The SMILES string of the molecule is Cn1c2ccccc2c2cc(-c3ccc4c(c3)C3(c5ccccc5-c5ccccc53)c3cc(-c5ccc6c(c5)c5ccccc5n6C)c5c(oc6ccccc65)c3-4)ccc21.c1ccc(-c2cc3c(c4oc5ccccc5c24)-c2ccc(-c4ccc5c(c4)oc4ccccc45)cc2C32c3ccccc3-c3ccccc32)cc1. The van der Waals surface area contributed by atoms with Crippen LogP contribution >= 0.6 is 0 Å². The van der Waals surface area contributed by atoms with Gasteiger partial charge in [0.05, 0.1) is 10.8 Å². The third-order valence-electron chi connectivity index (χ3n) is 25.7. The van der Waals surface area contributed by atoms with Gasteiger partial charge in [0.15, 0.2) is 0 Å². The van der Waals surface area contributed by atoms with Gasteiger partial charge in [-0.25, -0.2) is 0 Å². The topological polar surface area (TPSA) is 49.3 Å². The molecule has 4 aliphatic rings. The van der Waals surface area contributed by atoms with Gasteiger partial charge in [0.1, 0.15) is 33.5 Å². The molecular weight excluding hydrogens is 1350 g/mol. The fourth-order valence-corrected chi connectivity index (χ4v) is 21.0. The van der Waals surface area contributed by atoms with Crippen molar-refractivity contribution in [3.05, 3.63) is 396 Å². The summed E-state index contributed by atoms with van der Waals surface area (Å²) in [7, 11) is 4.34. The Bertz CT molecular complexity index is 7790. The Morgan fingerprint density at radius 2 is 0.550 bits per heavy atom. The highest BCUT2D eigenvalue weighted by molar-refractivity contribution is 6.22. The van der Waals surface area contributed by atoms with Crippen LogP contribution in [0.3, 0.4) is 0 Å². The van der Waals surface area contributed by atoms with Gasteiger partial charge in [-0.2, -0.15) is 0 Å². The molecule has 0 bridgehead atoms. The maximum atomic E-state index is 7.15. The van der Waals surface area contributed by atoms with Crippen LogP contribution in [0.25, 0.3) is 198 Å². The summed E-state index contributed by atoms with van der Waals surface area (Å²) in [4.78, 5) is 0. The second kappa shape index (κ2) is 22.2. The van der Waals surface area contributed by atoms with Crippen molar-refractivity contribution in [1.29, 1.82) is 0 Å². The molecule has 0 saturated carbocycles. The van der Waals surface area contributed by atoms with E-state index in [1.54, 1.807) is 0 Å². The molecule has 0 unspecified atom stereocenters. The lowest BCUT2D eigenvalue weighted by Crippen LogP contribution is -2.26. The highest BCUT2D eigenvalue weighted by Crippen LogP contribution is 2.68. The number of furan rings is 3. The summed E-state index contributed by atoms with van der Waals surface area (Å²) in [5.41, 5.74) is 39.2. The molecule has 17 aromatic carbocycles. The first-order valence-electron chi connectivity index (χ1n) is 38.5. The Labute approximate surface area is 638 Å². The lowest BCUT2D eigenvalue weighted by Gasteiger charge is -2.31. The van der Waals surface area contributed by atoms with Crippen molar-refractivity contribution >= 4 is 109 Å². The van der Waals surface area contributed by atoms with E-state index in [2.05, 4.69) is 363 Å². The second-order valence-corrected chi connectivity index (χ2v) is 30.8. The molecule has 5 heterocycles. The van der Waals surface area contributed by atoms with Crippen molar-refractivity contribution in [2.24, 2.45) is 14.1 Å². The Kier molecular flexibility index (Phi) is 12.2. The average Bonchev–Trinajstić information content (AvgIpc) is 1.50. The van der Waals surface area contributed by atoms with Gasteiger partial charge in [0.2, 0.25) is 0 Å². The number of benzene rings is 17. The molecule has 5 aromatic heterocycles. The first-order valence-corrected chi connectivity index (χ1v) is 38.5. The first kappa shape index (κ1) is 60.8. The van der Waals surface area contributed by atoms with Crippen LogP contribution in [0.5, 0.6) is 0 Å². The van der Waals surface area contributed by atoms with Gasteiger partial charge in [-0.3, -0.25) is 0 Å². The van der Waals surface area contributed by atoms with Crippen LogP contribution < -0.4 is 0 Å². The van der Waals surface area contributed by atoms with Crippen LogP contribution in [0.15, 0.2) is 365 Å². The fraction of sp³-hybridized carbons (Fsp3) is 0.0377. The van der Waals surface area contributed by atoms with E-state index in [1.807, 2.05) is 12.1 Å². The molecule has 2 spiro atoms. The summed E-state index contributed by atoms with van der Waals surface area (Å²) in [6.07, 6.45) is 0. The van der Waals surface area contributed by atoms with Gasteiger partial charge >= 0.3 is 0 Å². The molecule has 0 atom stereocenters. The Morgan fingerprint density at radius 1 is 0.198 bits per heavy atom. The lowest BCUT2D eigenvalue weighted by atomic mass is 9.69. The molecule has 4 aliphatic carbocycles. The maximum Gasteiger partial charge on any atom is 0.144 e. The standard InChI is InChI=1S/C57H36N2O.C49H28O2/c1-58-49-20-10-5-15-38(49)43-29-33(24-27-51(43)58)34-23-26-40-47(31-34)57(45-18-8-3-13-36(45)37-14-4-9-19-46(37)57)48-32-42(54-41-17-7-12-22-53(41)60-56(54)55(40)48)35-25-28-52-44(30-35)39-16-6-11-21-50(39)59(52)2;1-2-12-29(13-3-1)38-28-42-47(48-46(38)37-17-7-11-21-44(37)51-48)36-25-23-30(31-22-24-35-34-16-6-10-20-43(34)50-45(35)27-31)26-41(36)49(42)39-18-8-4-14-32(39)33-15-5-9-19-40(33)49/h3-32H,1-2H3;1-28H. The van der Waals surface area contributed by atoms with E-state index in [-0.39, 0.29) is 0 Å². The molecule has 5 heteroatoms. The van der Waals surface area contributed by atoms with Gasteiger partial charge < -0.3 is 22.4 Å². The molecule has 0 radical (unpaired) electrons. The molecule has 26 rings (SSSR count). The second-order valence-electron chi connectivity index (χ2n) is 30.8. The van der Waals surface area contributed by atoms with Crippen LogP contribution in [-0.2, 0) is 24.9 Å². The van der Waals surface area contributed by atoms with Crippen molar-refractivity contribution in [3.63, 3.8) is 0 Å². The number of para-hydroxylation sites is 5. The molecule has 0 saturated heterocycles. The normalized spacial score (nSPS) is 13.6. The fourth-order valence-electron chi connectivity index (χ4n) is 21.0. The van der Waals surface area contributed by atoms with Gasteiger partial charge in [-0.05, 0) is 213 Å². The minimum atomic E-state index is -0.567. The van der Waals surface area contributed by atoms with Crippen molar-refractivity contribution in [2.75, 3.05) is 0 Å². The summed E-state index contributed by atoms with van der Waals surface area (Å²) < 4.78 is 25.1. The molecule has 111 heavy (non-hydrogen) atoms. The molecule has 0 aliphatic heterocycles. The third-order valence-corrected chi connectivity index (χ3v) is 25.7. The first-order chi connectivity index (χ1) is 54.9. The zero-order chi connectivity index (χ0) is 72.7. The van der Waals surface area contributed by atoms with E-state index < -0.39 is 10.8 Å². The van der Waals surface area contributed by atoms with Crippen molar-refractivity contribution < 1.29 is 13.3 Å². The molecule has 5 nitrogen and oxygen atoms in total. The van der Waals surface area contributed by atoms with E-state index in [9.17, 15) is 0 Å². The molecule has 0 amide bonds. The van der Waals surface area contributed by atoms with E-state index in [0.29, 0.717) is 0 Å². The molecule has 0 N–H and O–H groups in total. The maximum absolute atomic E-state index is 7.15. The Hall–Kier alpha value is -14.3. The molecule has 0 fully saturated rings. The van der Waals surface area contributed by atoms with Crippen molar-refractivity contribution in [1.82, 2.24) is 9.13 Å². The molecule has 516 valence electrons. The van der Waals surface area contributed by atoms with Gasteiger partial charge in [0, 0.05) is 101 Å². The summed E-state index contributed by atoms with van der Waals surface area (Å²) in [5.74, 6) is 0. The van der Waals surface area contributed by atoms with Crippen LogP contribution in [0.1, 0.15) is 44.5 Å². The minimum Gasteiger partial charge on any atom is -0.456 e. The van der Waals surface area contributed by atoms with Crippen molar-refractivity contribution in [2.45, 2.75) is 10.8 Å². The van der Waals surface area contributed by atoms with E-state index >= 15 is 0 Å². The average molecular weight is 1410 g/mol. The van der Waals surface area contributed by atoms with Gasteiger partial charge in [0.25, 0.3) is 0 Å². The Balaban J connectivity index is 0.000000128. The minimum absolute atomic E-state index is 0.534. The number of fused-ring (bicyclic) bond motifs is 37. The van der Waals surface area contributed by atoms with Crippen LogP contribution in [0.2, 0.25) is 0 Å². The summed E-state index contributed by atoms with van der Waals surface area (Å²) in [6, 6.07) is 130. The third kappa shape index (κ3) is 7.93. The number of hydrogen-bond donors (Lipinski definition) is 0. The number of nitrogens with zero attached hydrogens (tertiary/aromatic N) is 2.